The molecule has 3 aromatic rings. The predicted octanol–water partition coefficient (Wildman–Crippen LogP) is 3.21. The van der Waals surface area contributed by atoms with Crippen molar-refractivity contribution in [2.24, 2.45) is 0 Å². The van der Waals surface area contributed by atoms with Crippen LogP contribution in [0.3, 0.4) is 0 Å². The molecule has 1 aliphatic heterocycles. The minimum atomic E-state index is 0.0657. The third kappa shape index (κ3) is 4.12. The van der Waals surface area contributed by atoms with Crippen LogP contribution in [0.2, 0.25) is 0 Å². The first kappa shape index (κ1) is 20.2. The highest BCUT2D eigenvalue weighted by molar-refractivity contribution is 5.75. The molecule has 156 valence electrons. The van der Waals surface area contributed by atoms with Gasteiger partial charge in [0.25, 0.3) is 0 Å². The van der Waals surface area contributed by atoms with E-state index in [1.54, 1.807) is 7.11 Å². The number of anilines is 1. The largest absolute Gasteiger partial charge is 0.381 e. The monoisotopic (exact) mass is 405 g/mol. The summed E-state index contributed by atoms with van der Waals surface area (Å²) in [5.41, 5.74) is 3.73. The van der Waals surface area contributed by atoms with E-state index in [0.717, 1.165) is 60.1 Å². The average Bonchev–Trinajstić information content (AvgIpc) is 3.09. The Labute approximate surface area is 176 Å². The molecule has 0 radical (unpaired) electrons. The average molecular weight is 406 g/mol. The molecule has 8 nitrogen and oxygen atoms in total. The molecule has 0 saturated carbocycles. The van der Waals surface area contributed by atoms with E-state index in [1.165, 1.54) is 0 Å². The minimum absolute atomic E-state index is 0.0657. The summed E-state index contributed by atoms with van der Waals surface area (Å²) < 4.78 is 7.58. The summed E-state index contributed by atoms with van der Waals surface area (Å²) in [6.45, 7) is 5.82. The Balaban J connectivity index is 1.56. The highest BCUT2D eigenvalue weighted by Crippen LogP contribution is 2.24. The van der Waals surface area contributed by atoms with Gasteiger partial charge in [-0.25, -0.2) is 15.0 Å². The smallest absolute Gasteiger partial charge is 0.225 e. The van der Waals surface area contributed by atoms with Crippen molar-refractivity contribution >= 4 is 17.0 Å². The van der Waals surface area contributed by atoms with E-state index >= 15 is 0 Å². The Morgan fingerprint density at radius 3 is 2.77 bits per heavy atom. The van der Waals surface area contributed by atoms with Crippen LogP contribution >= 0.6 is 0 Å². The second-order valence-corrected chi connectivity index (χ2v) is 7.85. The summed E-state index contributed by atoms with van der Waals surface area (Å²) in [7, 11) is 1.77. The summed E-state index contributed by atoms with van der Waals surface area (Å²) in [4.78, 5) is 20.7. The molecule has 1 aliphatic rings. The van der Waals surface area contributed by atoms with Crippen LogP contribution < -0.4 is 4.90 Å². The topological polar surface area (TPSA) is 92.8 Å². The maximum absolute atomic E-state index is 9.09. The molecule has 0 spiro atoms. The van der Waals surface area contributed by atoms with Crippen LogP contribution in [-0.4, -0.2) is 50.8 Å². The molecule has 0 aromatic carbocycles. The van der Waals surface area contributed by atoms with Crippen LogP contribution in [0.1, 0.15) is 49.4 Å². The number of piperidine rings is 1. The number of aromatic nitrogens is 5. The van der Waals surface area contributed by atoms with Crippen molar-refractivity contribution in [2.45, 2.75) is 51.7 Å². The zero-order valence-electron chi connectivity index (χ0n) is 17.7. The fourth-order valence-corrected chi connectivity index (χ4v) is 4.15. The molecule has 0 N–H and O–H groups in total. The lowest BCUT2D eigenvalue weighted by molar-refractivity contribution is 0.0816. The van der Waals surface area contributed by atoms with Gasteiger partial charge >= 0.3 is 0 Å². The lowest BCUT2D eigenvalue weighted by Gasteiger charge is -2.31. The Kier molecular flexibility index (Phi) is 5.91. The standard InChI is InChI=1S/C22H27N7O/c1-15(4-8-23)29-16(2)26-20-14-25-18(13-21(20)29)12-17-5-9-24-22(27-17)28-10-6-19(30-3)7-11-28/h5,9,13-15,19H,4,6-7,10-12H2,1-3H3. The molecule has 4 rings (SSSR count). The molecule has 8 heteroatoms. The quantitative estimate of drug-likeness (QED) is 0.622. The van der Waals surface area contributed by atoms with Gasteiger partial charge in [-0.3, -0.25) is 4.98 Å². The van der Waals surface area contributed by atoms with Crippen molar-refractivity contribution in [1.29, 1.82) is 5.26 Å². The number of ether oxygens (including phenoxy) is 1. The van der Waals surface area contributed by atoms with Gasteiger partial charge in [0.15, 0.2) is 0 Å². The number of pyridine rings is 1. The molecule has 1 atom stereocenters. The molecule has 30 heavy (non-hydrogen) atoms. The SMILES string of the molecule is COC1CCN(c2nccc(Cc3cc4c(cn3)nc(C)n4C(C)CC#N)n2)CC1. The summed E-state index contributed by atoms with van der Waals surface area (Å²) >= 11 is 0. The number of nitriles is 1. The van der Waals surface area contributed by atoms with E-state index in [0.29, 0.717) is 18.9 Å². The maximum Gasteiger partial charge on any atom is 0.225 e. The van der Waals surface area contributed by atoms with Gasteiger partial charge in [0.05, 0.1) is 36.0 Å². The fraction of sp³-hybridized carbons (Fsp3) is 0.500. The van der Waals surface area contributed by atoms with E-state index < -0.39 is 0 Å². The van der Waals surface area contributed by atoms with Crippen LogP contribution in [0.15, 0.2) is 24.5 Å². The first-order valence-electron chi connectivity index (χ1n) is 10.4. The lowest BCUT2D eigenvalue weighted by atomic mass is 10.1. The maximum atomic E-state index is 9.09. The van der Waals surface area contributed by atoms with Crippen LogP contribution in [0.25, 0.3) is 11.0 Å². The number of hydrogen-bond donors (Lipinski definition) is 0. The van der Waals surface area contributed by atoms with Crippen molar-refractivity contribution in [1.82, 2.24) is 24.5 Å². The van der Waals surface area contributed by atoms with Crippen LogP contribution in [-0.2, 0) is 11.2 Å². The molecule has 0 aliphatic carbocycles. The van der Waals surface area contributed by atoms with Crippen molar-refractivity contribution < 1.29 is 4.74 Å². The zero-order valence-corrected chi connectivity index (χ0v) is 17.7. The highest BCUT2D eigenvalue weighted by Gasteiger charge is 2.21. The van der Waals surface area contributed by atoms with E-state index in [4.69, 9.17) is 15.0 Å². The number of methoxy groups -OCH3 is 1. The molecular weight excluding hydrogens is 378 g/mol. The summed E-state index contributed by atoms with van der Waals surface area (Å²) in [5, 5.41) is 9.09. The van der Waals surface area contributed by atoms with Gasteiger partial charge in [-0.2, -0.15) is 5.26 Å². The van der Waals surface area contributed by atoms with Crippen LogP contribution in [0.5, 0.6) is 0 Å². The Morgan fingerprint density at radius 2 is 2.03 bits per heavy atom. The Hall–Kier alpha value is -3.05. The predicted molar refractivity (Wildman–Crippen MR) is 114 cm³/mol. The Bertz CT molecular complexity index is 1060. The third-order valence-electron chi connectivity index (χ3n) is 5.76. The third-order valence-corrected chi connectivity index (χ3v) is 5.76. The fourth-order valence-electron chi connectivity index (χ4n) is 4.15. The lowest BCUT2D eigenvalue weighted by Crippen LogP contribution is -2.37. The van der Waals surface area contributed by atoms with Gasteiger partial charge < -0.3 is 14.2 Å². The van der Waals surface area contributed by atoms with Gasteiger partial charge in [0.1, 0.15) is 11.3 Å². The van der Waals surface area contributed by atoms with Crippen molar-refractivity contribution in [3.8, 4) is 6.07 Å². The molecule has 1 unspecified atom stereocenters. The first-order valence-corrected chi connectivity index (χ1v) is 10.4. The number of nitrogens with zero attached hydrogens (tertiary/aromatic N) is 7. The zero-order chi connectivity index (χ0) is 21.1. The van der Waals surface area contributed by atoms with E-state index in [2.05, 4.69) is 36.6 Å². The van der Waals surface area contributed by atoms with Gasteiger partial charge in [0.2, 0.25) is 5.95 Å². The van der Waals surface area contributed by atoms with E-state index in [9.17, 15) is 0 Å². The van der Waals surface area contributed by atoms with Gasteiger partial charge in [-0.05, 0) is 38.8 Å². The van der Waals surface area contributed by atoms with E-state index in [-0.39, 0.29) is 6.04 Å². The molecule has 4 heterocycles. The molecule has 1 fully saturated rings. The summed E-state index contributed by atoms with van der Waals surface area (Å²) in [5.74, 6) is 1.67. The molecule has 1 saturated heterocycles. The van der Waals surface area contributed by atoms with Crippen molar-refractivity contribution in [3.05, 3.63) is 41.7 Å². The minimum Gasteiger partial charge on any atom is -0.381 e. The first-order chi connectivity index (χ1) is 14.6. The second kappa shape index (κ2) is 8.76. The molecule has 0 bridgehead atoms. The number of imidazole rings is 1. The number of hydrogen-bond acceptors (Lipinski definition) is 7. The normalized spacial score (nSPS) is 16.0. The Morgan fingerprint density at radius 1 is 1.23 bits per heavy atom. The molecule has 3 aromatic heterocycles. The number of aryl methyl sites for hydroxylation is 1. The van der Waals surface area contributed by atoms with Crippen LogP contribution in [0.4, 0.5) is 5.95 Å². The summed E-state index contributed by atoms with van der Waals surface area (Å²) in [6.07, 6.45) is 7.01. The van der Waals surface area contributed by atoms with Gasteiger partial charge in [-0.1, -0.05) is 0 Å². The number of rotatable bonds is 6. The summed E-state index contributed by atoms with van der Waals surface area (Å²) in [6, 6.07) is 6.33. The van der Waals surface area contributed by atoms with Crippen LogP contribution in [0, 0.1) is 18.3 Å². The van der Waals surface area contributed by atoms with E-state index in [1.807, 2.05) is 32.3 Å². The highest BCUT2D eigenvalue weighted by atomic mass is 16.5. The van der Waals surface area contributed by atoms with Gasteiger partial charge in [0, 0.05) is 44.6 Å². The van der Waals surface area contributed by atoms with Crippen molar-refractivity contribution in [3.63, 3.8) is 0 Å². The second-order valence-electron chi connectivity index (χ2n) is 7.85. The molecular formula is C22H27N7O. The number of fused-ring (bicyclic) bond motifs is 1. The molecule has 0 amide bonds. The van der Waals surface area contributed by atoms with Crippen molar-refractivity contribution in [2.75, 3.05) is 25.1 Å². The van der Waals surface area contributed by atoms with Gasteiger partial charge in [-0.15, -0.1) is 0 Å².